The first-order valence-corrected chi connectivity index (χ1v) is 8.09. The van der Waals surface area contributed by atoms with Gasteiger partial charge in [-0.2, -0.15) is 0 Å². The minimum atomic E-state index is -0.323. The number of halogens is 1. The first-order valence-electron chi connectivity index (χ1n) is 7.71. The summed E-state index contributed by atoms with van der Waals surface area (Å²) in [5.74, 6) is 0.406. The van der Waals surface area contributed by atoms with Gasteiger partial charge in [-0.3, -0.25) is 9.59 Å². The Morgan fingerprint density at radius 3 is 2.35 bits per heavy atom. The highest BCUT2D eigenvalue weighted by Gasteiger charge is 2.10. The number of anilines is 2. The largest absolute Gasteiger partial charge is 0.493 e. The third-order valence-corrected chi connectivity index (χ3v) is 3.61. The van der Waals surface area contributed by atoms with E-state index in [1.165, 1.54) is 27.2 Å². The summed E-state index contributed by atoms with van der Waals surface area (Å²) in [4.78, 5) is 23.2. The summed E-state index contributed by atoms with van der Waals surface area (Å²) in [6.45, 7) is 1.42. The van der Waals surface area contributed by atoms with Gasteiger partial charge in [-0.05, 0) is 42.0 Å². The van der Waals surface area contributed by atoms with Gasteiger partial charge in [0.05, 0.1) is 19.2 Å². The van der Waals surface area contributed by atoms with E-state index in [2.05, 4.69) is 10.6 Å². The molecule has 0 atom stereocenters. The zero-order chi connectivity index (χ0) is 19.1. The molecule has 2 N–H and O–H groups in total. The minimum Gasteiger partial charge on any atom is -0.493 e. The van der Waals surface area contributed by atoms with Gasteiger partial charge in [0.15, 0.2) is 11.5 Å². The lowest BCUT2D eigenvalue weighted by atomic mass is 10.2. The molecule has 0 fully saturated rings. The lowest BCUT2D eigenvalue weighted by Crippen LogP contribution is -2.09. The van der Waals surface area contributed by atoms with Crippen molar-refractivity contribution in [3.8, 4) is 11.5 Å². The summed E-state index contributed by atoms with van der Waals surface area (Å²) in [5.41, 5.74) is 1.86. The number of hydrogen-bond donors (Lipinski definition) is 2. The maximum absolute atomic E-state index is 12.1. The molecule has 2 aromatic carbocycles. The average molecular weight is 375 g/mol. The molecule has 0 spiro atoms. The molecule has 0 radical (unpaired) electrons. The molecule has 6 nitrogen and oxygen atoms in total. The molecule has 0 aliphatic carbocycles. The van der Waals surface area contributed by atoms with E-state index < -0.39 is 0 Å². The molecule has 136 valence electrons. The highest BCUT2D eigenvalue weighted by atomic mass is 35.5. The second kappa shape index (κ2) is 8.92. The van der Waals surface area contributed by atoms with E-state index in [4.69, 9.17) is 21.1 Å². The van der Waals surface area contributed by atoms with E-state index in [9.17, 15) is 9.59 Å². The number of amides is 2. The molecule has 0 saturated carbocycles. The molecule has 0 unspecified atom stereocenters. The fraction of sp³-hybridized carbons (Fsp3) is 0.158. The number of rotatable bonds is 6. The van der Waals surface area contributed by atoms with Crippen LogP contribution in [0.3, 0.4) is 0 Å². The summed E-state index contributed by atoms with van der Waals surface area (Å²) < 4.78 is 10.4. The summed E-state index contributed by atoms with van der Waals surface area (Å²) in [7, 11) is 3.01. The van der Waals surface area contributed by atoms with Crippen LogP contribution in [0.5, 0.6) is 11.5 Å². The first-order chi connectivity index (χ1) is 12.4. The molecule has 0 aromatic heterocycles. The van der Waals surface area contributed by atoms with Crippen molar-refractivity contribution in [1.29, 1.82) is 0 Å². The Kier molecular flexibility index (Phi) is 6.63. The van der Waals surface area contributed by atoms with Crippen molar-refractivity contribution < 1.29 is 19.1 Å². The van der Waals surface area contributed by atoms with Crippen molar-refractivity contribution in [2.75, 3.05) is 24.9 Å². The van der Waals surface area contributed by atoms with Crippen LogP contribution in [0.25, 0.3) is 6.08 Å². The third-order valence-electron chi connectivity index (χ3n) is 3.33. The monoisotopic (exact) mass is 374 g/mol. The molecular weight excluding hydrogens is 356 g/mol. The Morgan fingerprint density at radius 1 is 1.04 bits per heavy atom. The molecule has 2 amide bonds. The predicted molar refractivity (Wildman–Crippen MR) is 103 cm³/mol. The van der Waals surface area contributed by atoms with Crippen LogP contribution in [0.15, 0.2) is 42.5 Å². The molecule has 0 aliphatic rings. The van der Waals surface area contributed by atoms with Crippen LogP contribution in [0.1, 0.15) is 12.5 Å². The fourth-order valence-corrected chi connectivity index (χ4v) is 2.56. The molecule has 2 aromatic rings. The molecular formula is C19H19ClN2O4. The smallest absolute Gasteiger partial charge is 0.248 e. The van der Waals surface area contributed by atoms with Crippen LogP contribution >= 0.6 is 11.6 Å². The highest BCUT2D eigenvalue weighted by Crippen LogP contribution is 2.36. The van der Waals surface area contributed by atoms with Gasteiger partial charge in [-0.1, -0.05) is 17.7 Å². The van der Waals surface area contributed by atoms with E-state index in [0.29, 0.717) is 33.5 Å². The lowest BCUT2D eigenvalue weighted by molar-refractivity contribution is -0.114. The summed E-state index contributed by atoms with van der Waals surface area (Å²) in [6.07, 6.45) is 2.99. The highest BCUT2D eigenvalue weighted by molar-refractivity contribution is 6.32. The second-order valence-electron chi connectivity index (χ2n) is 5.32. The lowest BCUT2D eigenvalue weighted by Gasteiger charge is -2.10. The zero-order valence-electron chi connectivity index (χ0n) is 14.6. The van der Waals surface area contributed by atoms with Gasteiger partial charge in [0.25, 0.3) is 0 Å². The van der Waals surface area contributed by atoms with Gasteiger partial charge in [-0.15, -0.1) is 0 Å². The van der Waals surface area contributed by atoms with Crippen LogP contribution in [-0.4, -0.2) is 26.0 Å². The van der Waals surface area contributed by atoms with E-state index in [1.807, 2.05) is 0 Å². The van der Waals surface area contributed by atoms with Gasteiger partial charge in [0, 0.05) is 24.4 Å². The molecule has 26 heavy (non-hydrogen) atoms. The van der Waals surface area contributed by atoms with Crippen LogP contribution in [0, 0.1) is 0 Å². The van der Waals surface area contributed by atoms with Crippen LogP contribution in [-0.2, 0) is 9.59 Å². The van der Waals surface area contributed by atoms with Crippen LogP contribution in [0.2, 0.25) is 5.02 Å². The Hall–Kier alpha value is -2.99. The van der Waals surface area contributed by atoms with Crippen molar-refractivity contribution in [2.24, 2.45) is 0 Å². The number of ether oxygens (including phenoxy) is 2. The molecule has 0 aliphatic heterocycles. The van der Waals surface area contributed by atoms with E-state index in [1.54, 1.807) is 42.5 Å². The minimum absolute atomic E-state index is 0.182. The second-order valence-corrected chi connectivity index (χ2v) is 5.73. The normalized spacial score (nSPS) is 10.5. The van der Waals surface area contributed by atoms with Crippen molar-refractivity contribution in [3.63, 3.8) is 0 Å². The Labute approximate surface area is 156 Å². The van der Waals surface area contributed by atoms with Crippen molar-refractivity contribution in [1.82, 2.24) is 0 Å². The van der Waals surface area contributed by atoms with Crippen LogP contribution in [0.4, 0.5) is 11.4 Å². The van der Waals surface area contributed by atoms with Gasteiger partial charge in [-0.25, -0.2) is 0 Å². The van der Waals surface area contributed by atoms with Gasteiger partial charge in [0.2, 0.25) is 11.8 Å². The summed E-state index contributed by atoms with van der Waals surface area (Å²) in [6, 6.07) is 10.2. The first kappa shape index (κ1) is 19.3. The van der Waals surface area contributed by atoms with Crippen LogP contribution < -0.4 is 20.1 Å². The topological polar surface area (TPSA) is 76.7 Å². The number of carbonyl (C=O) groups is 2. The Bertz CT molecular complexity index is 849. The zero-order valence-corrected chi connectivity index (χ0v) is 15.4. The number of nitrogens with one attached hydrogen (secondary N) is 2. The Balaban J connectivity index is 2.10. The van der Waals surface area contributed by atoms with Gasteiger partial charge < -0.3 is 20.1 Å². The summed E-state index contributed by atoms with van der Waals surface area (Å²) >= 11 is 6.14. The molecule has 0 saturated heterocycles. The fourth-order valence-electron chi connectivity index (χ4n) is 2.27. The number of benzene rings is 2. The molecule has 2 rings (SSSR count). The summed E-state index contributed by atoms with van der Waals surface area (Å²) in [5, 5.41) is 5.77. The van der Waals surface area contributed by atoms with E-state index in [-0.39, 0.29) is 11.8 Å². The third kappa shape index (κ3) is 5.26. The van der Waals surface area contributed by atoms with Crippen molar-refractivity contribution in [3.05, 3.63) is 53.1 Å². The van der Waals surface area contributed by atoms with Crippen molar-refractivity contribution in [2.45, 2.75) is 6.92 Å². The molecule has 0 heterocycles. The standard InChI is InChI=1S/C19H19ClN2O4/c1-12(23)21-14-5-4-6-15(11-14)22-18(24)8-7-13-9-16(20)19(26-3)17(10-13)25-2/h4-11H,1-3H3,(H,21,23)(H,22,24)/b8-7+. The van der Waals surface area contributed by atoms with E-state index in [0.717, 1.165) is 0 Å². The maximum atomic E-state index is 12.1. The van der Waals surface area contributed by atoms with E-state index >= 15 is 0 Å². The Morgan fingerprint density at radius 2 is 1.73 bits per heavy atom. The number of carbonyl (C=O) groups excluding carboxylic acids is 2. The average Bonchev–Trinajstić information content (AvgIpc) is 2.59. The number of methoxy groups -OCH3 is 2. The quantitative estimate of drug-likeness (QED) is 0.750. The molecule has 7 heteroatoms. The number of hydrogen-bond acceptors (Lipinski definition) is 4. The predicted octanol–water partition coefficient (Wildman–Crippen LogP) is 3.97. The van der Waals surface area contributed by atoms with Crippen molar-refractivity contribution >= 4 is 40.9 Å². The van der Waals surface area contributed by atoms with Gasteiger partial charge >= 0.3 is 0 Å². The SMILES string of the molecule is COc1cc(/C=C/C(=O)Nc2cccc(NC(C)=O)c2)cc(Cl)c1OC. The van der Waals surface area contributed by atoms with Gasteiger partial charge in [0.1, 0.15) is 0 Å². The molecule has 0 bridgehead atoms. The maximum Gasteiger partial charge on any atom is 0.248 e.